The Labute approximate surface area is 114 Å². The van der Waals surface area contributed by atoms with E-state index < -0.39 is 0 Å². The second-order valence-electron chi connectivity index (χ2n) is 5.64. The van der Waals surface area contributed by atoms with Gasteiger partial charge in [-0.05, 0) is 31.5 Å². The highest BCUT2D eigenvalue weighted by Crippen LogP contribution is 2.15. The molecule has 2 rings (SSSR count). The molecule has 4 heteroatoms. The van der Waals surface area contributed by atoms with Crippen molar-refractivity contribution in [2.24, 2.45) is 0 Å². The number of hydrogen-bond acceptors (Lipinski definition) is 3. The van der Waals surface area contributed by atoms with Crippen molar-refractivity contribution in [3.63, 3.8) is 0 Å². The van der Waals surface area contributed by atoms with Gasteiger partial charge in [0.25, 0.3) is 0 Å². The molecule has 1 aromatic rings. The molecule has 0 unspecified atom stereocenters. The third-order valence-corrected chi connectivity index (χ3v) is 3.67. The smallest absolute Gasteiger partial charge is 0.123 e. The fourth-order valence-corrected chi connectivity index (χ4v) is 2.40. The molecule has 3 nitrogen and oxygen atoms in total. The molecular formula is C15H23FN2O. The lowest BCUT2D eigenvalue weighted by atomic mass is 10.0. The molecule has 0 aliphatic carbocycles. The molecule has 0 aromatic heterocycles. The van der Waals surface area contributed by atoms with Crippen molar-refractivity contribution >= 4 is 0 Å². The summed E-state index contributed by atoms with van der Waals surface area (Å²) in [5.74, 6) is -0.183. The Balaban J connectivity index is 1.78. The van der Waals surface area contributed by atoms with Gasteiger partial charge < -0.3 is 10.1 Å². The first kappa shape index (κ1) is 14.4. The molecule has 0 spiro atoms. The summed E-state index contributed by atoms with van der Waals surface area (Å²) in [6.45, 7) is 9.80. The van der Waals surface area contributed by atoms with Gasteiger partial charge in [0.15, 0.2) is 0 Å². The summed E-state index contributed by atoms with van der Waals surface area (Å²) in [7, 11) is 0. The molecule has 0 radical (unpaired) electrons. The van der Waals surface area contributed by atoms with Gasteiger partial charge >= 0.3 is 0 Å². The molecule has 106 valence electrons. The molecule has 0 atom stereocenters. The van der Waals surface area contributed by atoms with Crippen LogP contribution in [-0.2, 0) is 11.3 Å². The predicted octanol–water partition coefficient (Wildman–Crippen LogP) is 2.03. The Morgan fingerprint density at radius 1 is 1.21 bits per heavy atom. The van der Waals surface area contributed by atoms with E-state index in [-0.39, 0.29) is 11.4 Å². The Bertz CT molecular complexity index is 386. The van der Waals surface area contributed by atoms with Crippen LogP contribution in [0.1, 0.15) is 19.4 Å². The van der Waals surface area contributed by atoms with Crippen molar-refractivity contribution in [2.75, 3.05) is 32.8 Å². The summed E-state index contributed by atoms with van der Waals surface area (Å²) in [6.07, 6.45) is 0. The molecule has 1 N–H and O–H groups in total. The zero-order chi connectivity index (χ0) is 13.7. The second-order valence-corrected chi connectivity index (χ2v) is 5.64. The monoisotopic (exact) mass is 266 g/mol. The number of nitrogens with zero attached hydrogens (tertiary/aromatic N) is 1. The Kier molecular flexibility index (Phi) is 4.91. The van der Waals surface area contributed by atoms with Crippen LogP contribution in [0.5, 0.6) is 0 Å². The molecule has 0 amide bonds. The first-order valence-electron chi connectivity index (χ1n) is 6.86. The van der Waals surface area contributed by atoms with Gasteiger partial charge in [-0.2, -0.15) is 0 Å². The maximum atomic E-state index is 12.8. The van der Waals surface area contributed by atoms with Crippen molar-refractivity contribution in [1.82, 2.24) is 10.2 Å². The van der Waals surface area contributed by atoms with Gasteiger partial charge in [-0.25, -0.2) is 4.39 Å². The summed E-state index contributed by atoms with van der Waals surface area (Å²) < 4.78 is 18.2. The molecule has 0 saturated carbocycles. The highest BCUT2D eigenvalue weighted by atomic mass is 19.1. The van der Waals surface area contributed by atoms with Crippen molar-refractivity contribution in [3.8, 4) is 0 Å². The maximum Gasteiger partial charge on any atom is 0.123 e. The van der Waals surface area contributed by atoms with E-state index in [2.05, 4.69) is 24.1 Å². The van der Waals surface area contributed by atoms with Crippen molar-refractivity contribution < 1.29 is 9.13 Å². The van der Waals surface area contributed by atoms with Crippen molar-refractivity contribution in [2.45, 2.75) is 25.9 Å². The van der Waals surface area contributed by atoms with Crippen LogP contribution in [0.3, 0.4) is 0 Å². The molecule has 1 saturated heterocycles. The summed E-state index contributed by atoms with van der Waals surface area (Å²) in [5, 5.41) is 3.45. The predicted molar refractivity (Wildman–Crippen MR) is 74.6 cm³/mol. The second kappa shape index (κ2) is 6.46. The van der Waals surface area contributed by atoms with Crippen molar-refractivity contribution in [3.05, 3.63) is 35.6 Å². The zero-order valence-corrected chi connectivity index (χ0v) is 11.8. The Morgan fingerprint density at radius 3 is 2.47 bits per heavy atom. The van der Waals surface area contributed by atoms with Gasteiger partial charge in [0, 0.05) is 31.7 Å². The first-order valence-corrected chi connectivity index (χ1v) is 6.86. The van der Waals surface area contributed by atoms with E-state index in [1.807, 2.05) is 12.1 Å². The van der Waals surface area contributed by atoms with Gasteiger partial charge in [0.1, 0.15) is 5.82 Å². The van der Waals surface area contributed by atoms with Crippen LogP contribution < -0.4 is 5.32 Å². The first-order chi connectivity index (χ1) is 9.08. The molecule has 1 aromatic carbocycles. The van der Waals surface area contributed by atoms with Crippen LogP contribution in [0.25, 0.3) is 0 Å². The normalized spacial score (nSPS) is 17.6. The minimum absolute atomic E-state index is 0.115. The summed E-state index contributed by atoms with van der Waals surface area (Å²) in [5.41, 5.74) is 1.23. The van der Waals surface area contributed by atoms with Gasteiger partial charge in [0.05, 0.1) is 13.2 Å². The molecular weight excluding hydrogens is 243 g/mol. The summed E-state index contributed by atoms with van der Waals surface area (Å²) in [6, 6.07) is 6.66. The van der Waals surface area contributed by atoms with E-state index in [4.69, 9.17) is 4.74 Å². The molecule has 19 heavy (non-hydrogen) atoms. The average Bonchev–Trinajstić information content (AvgIpc) is 2.42. The number of rotatable bonds is 5. The Hall–Kier alpha value is -0.970. The lowest BCUT2D eigenvalue weighted by molar-refractivity contribution is -0.00966. The van der Waals surface area contributed by atoms with Gasteiger partial charge in [-0.1, -0.05) is 12.1 Å². The number of halogens is 1. The molecule has 1 fully saturated rings. The molecule has 1 aliphatic heterocycles. The van der Waals surface area contributed by atoms with E-state index in [1.54, 1.807) is 0 Å². The number of benzene rings is 1. The van der Waals surface area contributed by atoms with E-state index in [0.717, 1.165) is 45.0 Å². The summed E-state index contributed by atoms with van der Waals surface area (Å²) >= 11 is 0. The molecule has 1 aliphatic rings. The lowest BCUT2D eigenvalue weighted by Crippen LogP contribution is -2.54. The third-order valence-electron chi connectivity index (χ3n) is 3.67. The lowest BCUT2D eigenvalue weighted by Gasteiger charge is -2.41. The topological polar surface area (TPSA) is 24.5 Å². The largest absolute Gasteiger partial charge is 0.379 e. The van der Waals surface area contributed by atoms with E-state index >= 15 is 0 Å². The van der Waals surface area contributed by atoms with Gasteiger partial charge in [-0.3, -0.25) is 4.90 Å². The molecule has 0 bridgehead atoms. The third kappa shape index (κ3) is 4.27. The number of ether oxygens (including phenoxy) is 1. The quantitative estimate of drug-likeness (QED) is 0.882. The SMILES string of the molecule is CC(C)(CNCc1ccc(F)cc1)N1CCOCC1. The van der Waals surface area contributed by atoms with Crippen molar-refractivity contribution in [1.29, 1.82) is 0 Å². The highest BCUT2D eigenvalue weighted by molar-refractivity contribution is 5.15. The van der Waals surface area contributed by atoms with E-state index in [1.165, 1.54) is 12.1 Å². The van der Waals surface area contributed by atoms with Crippen LogP contribution >= 0.6 is 0 Å². The van der Waals surface area contributed by atoms with Crippen LogP contribution in [0, 0.1) is 5.82 Å². The standard InChI is InChI=1S/C15H23FN2O/c1-15(2,18-7-9-19-10-8-18)12-17-11-13-3-5-14(16)6-4-13/h3-6,17H,7-12H2,1-2H3. The van der Waals surface area contributed by atoms with E-state index in [9.17, 15) is 4.39 Å². The Morgan fingerprint density at radius 2 is 1.84 bits per heavy atom. The van der Waals surface area contributed by atoms with Crippen LogP contribution in [0.15, 0.2) is 24.3 Å². The minimum atomic E-state index is -0.183. The van der Waals surface area contributed by atoms with Crippen LogP contribution in [0.4, 0.5) is 4.39 Å². The fourth-order valence-electron chi connectivity index (χ4n) is 2.40. The average molecular weight is 266 g/mol. The summed E-state index contributed by atoms with van der Waals surface area (Å²) in [4.78, 5) is 2.45. The minimum Gasteiger partial charge on any atom is -0.379 e. The fraction of sp³-hybridized carbons (Fsp3) is 0.600. The van der Waals surface area contributed by atoms with Crippen LogP contribution in [-0.4, -0.2) is 43.3 Å². The van der Waals surface area contributed by atoms with Gasteiger partial charge in [0.2, 0.25) is 0 Å². The molecule has 1 heterocycles. The highest BCUT2D eigenvalue weighted by Gasteiger charge is 2.27. The zero-order valence-electron chi connectivity index (χ0n) is 11.8. The van der Waals surface area contributed by atoms with Gasteiger partial charge in [-0.15, -0.1) is 0 Å². The number of hydrogen-bond donors (Lipinski definition) is 1. The number of nitrogens with one attached hydrogen (secondary N) is 1. The maximum absolute atomic E-state index is 12.8. The van der Waals surface area contributed by atoms with E-state index in [0.29, 0.717) is 0 Å². The number of morpholine rings is 1. The van der Waals surface area contributed by atoms with Crippen LogP contribution in [0.2, 0.25) is 0 Å².